The number of hydrogen-bond acceptors (Lipinski definition) is 7. The molecule has 2 unspecified atom stereocenters. The summed E-state index contributed by atoms with van der Waals surface area (Å²) in [6, 6.07) is 0. The van der Waals surface area contributed by atoms with Crippen LogP contribution in [0.15, 0.2) is 0 Å². The lowest BCUT2D eigenvalue weighted by atomic mass is 10.0. The number of phosphoric ester groups is 1. The van der Waals surface area contributed by atoms with Crippen molar-refractivity contribution in [1.82, 2.24) is 0 Å². The van der Waals surface area contributed by atoms with Crippen LogP contribution in [0.3, 0.4) is 0 Å². The number of ether oxygens (including phenoxy) is 2. The molecule has 10 heteroatoms. The fraction of sp³-hybridized carbons (Fsp3) is 0.975. The Bertz CT molecular complexity index is 1470. The van der Waals surface area contributed by atoms with Crippen LogP contribution >= 0.6 is 7.82 Å². The molecule has 0 heterocycles. The van der Waals surface area contributed by atoms with Crippen molar-refractivity contribution < 1.29 is 42.1 Å². The molecule has 9 nitrogen and oxygen atoms in total. The SMILES string of the molecule is CCCCCCCCCCCCCCCCCCCCCCCCCCCCCCCCCCCCCCCCCCCC(=O)OC(COC(=O)CCCCCCCCCCCCCCCCCCCCCCCCCCC)COP(=O)(O)OCC[N+](C)(C)C. The third-order valence-electron chi connectivity index (χ3n) is 19.1. The van der Waals surface area contributed by atoms with E-state index in [-0.39, 0.29) is 25.6 Å². The third kappa shape index (κ3) is 76.0. The molecule has 538 valence electrons. The number of esters is 2. The van der Waals surface area contributed by atoms with Gasteiger partial charge < -0.3 is 18.9 Å². The van der Waals surface area contributed by atoms with Gasteiger partial charge in [-0.15, -0.1) is 0 Å². The van der Waals surface area contributed by atoms with Crippen LogP contribution in [0, 0.1) is 0 Å². The molecule has 0 saturated carbocycles. The maximum Gasteiger partial charge on any atom is 0.472 e. The van der Waals surface area contributed by atoms with Gasteiger partial charge in [0, 0.05) is 12.8 Å². The number of quaternary nitrogens is 1. The fourth-order valence-corrected chi connectivity index (χ4v) is 13.7. The average Bonchev–Trinajstić information content (AvgIpc) is 3.62. The van der Waals surface area contributed by atoms with Gasteiger partial charge in [0.2, 0.25) is 0 Å². The predicted molar refractivity (Wildman–Crippen MR) is 391 cm³/mol. The molecule has 0 aromatic rings. The molecule has 2 atom stereocenters. The van der Waals surface area contributed by atoms with Crippen LogP contribution in [0.25, 0.3) is 0 Å². The number of likely N-dealkylation sites (N-methyl/N-ethyl adjacent to an activating group) is 1. The summed E-state index contributed by atoms with van der Waals surface area (Å²) in [6.07, 6.45) is 89.9. The van der Waals surface area contributed by atoms with E-state index in [0.29, 0.717) is 17.4 Å². The average molecular weight is 1300 g/mol. The van der Waals surface area contributed by atoms with Gasteiger partial charge in [0.15, 0.2) is 6.10 Å². The Labute approximate surface area is 563 Å². The van der Waals surface area contributed by atoms with Crippen LogP contribution in [0.2, 0.25) is 0 Å². The van der Waals surface area contributed by atoms with Crippen molar-refractivity contribution >= 4 is 19.8 Å². The van der Waals surface area contributed by atoms with Crippen molar-refractivity contribution in [2.45, 2.75) is 457 Å². The Balaban J connectivity index is 3.83. The second kappa shape index (κ2) is 72.3. The van der Waals surface area contributed by atoms with E-state index >= 15 is 0 Å². The first kappa shape index (κ1) is 89.0. The molecule has 0 aliphatic rings. The largest absolute Gasteiger partial charge is 0.472 e. The van der Waals surface area contributed by atoms with E-state index < -0.39 is 26.5 Å². The molecule has 0 bridgehead atoms. The van der Waals surface area contributed by atoms with Crippen LogP contribution in [-0.4, -0.2) is 74.9 Å². The number of unbranched alkanes of at least 4 members (excludes halogenated alkanes) is 64. The van der Waals surface area contributed by atoms with Gasteiger partial charge in [0.05, 0.1) is 27.7 Å². The predicted octanol–water partition coefficient (Wildman–Crippen LogP) is 26.8. The van der Waals surface area contributed by atoms with Crippen LogP contribution < -0.4 is 0 Å². The van der Waals surface area contributed by atoms with Crippen LogP contribution in [0.4, 0.5) is 0 Å². The highest BCUT2D eigenvalue weighted by molar-refractivity contribution is 7.47. The van der Waals surface area contributed by atoms with Crippen LogP contribution in [0.5, 0.6) is 0 Å². The summed E-state index contributed by atoms with van der Waals surface area (Å²) in [5.41, 5.74) is 0. The molecule has 0 saturated heterocycles. The first-order valence-electron chi connectivity index (χ1n) is 40.8. The van der Waals surface area contributed by atoms with Gasteiger partial charge in [-0.1, -0.05) is 425 Å². The smallest absolute Gasteiger partial charge is 0.462 e. The molecule has 0 radical (unpaired) electrons. The van der Waals surface area contributed by atoms with E-state index in [4.69, 9.17) is 18.5 Å². The molecule has 0 amide bonds. The molecule has 0 aliphatic carbocycles. The Morgan fingerprint density at radius 3 is 0.711 bits per heavy atom. The highest BCUT2D eigenvalue weighted by atomic mass is 31.2. The van der Waals surface area contributed by atoms with Crippen molar-refractivity contribution in [3.8, 4) is 0 Å². The van der Waals surface area contributed by atoms with E-state index in [9.17, 15) is 19.0 Å². The van der Waals surface area contributed by atoms with E-state index in [1.165, 1.54) is 385 Å². The minimum Gasteiger partial charge on any atom is -0.462 e. The summed E-state index contributed by atoms with van der Waals surface area (Å²) in [4.78, 5) is 36.0. The van der Waals surface area contributed by atoms with Gasteiger partial charge in [-0.3, -0.25) is 18.6 Å². The fourth-order valence-electron chi connectivity index (χ4n) is 12.9. The molecule has 0 aliphatic heterocycles. The maximum absolute atomic E-state index is 12.9. The lowest BCUT2D eigenvalue weighted by Gasteiger charge is -2.24. The second-order valence-corrected chi connectivity index (χ2v) is 31.0. The molecule has 0 aromatic heterocycles. The van der Waals surface area contributed by atoms with Gasteiger partial charge in [0.25, 0.3) is 0 Å². The summed E-state index contributed by atoms with van der Waals surface area (Å²) >= 11 is 0. The molecule has 0 aromatic carbocycles. The maximum atomic E-state index is 12.9. The summed E-state index contributed by atoms with van der Waals surface area (Å²) in [7, 11) is 1.51. The van der Waals surface area contributed by atoms with E-state index in [1.807, 2.05) is 21.1 Å². The quantitative estimate of drug-likeness (QED) is 0.0278. The van der Waals surface area contributed by atoms with Crippen molar-refractivity contribution in [3.05, 3.63) is 0 Å². The van der Waals surface area contributed by atoms with Gasteiger partial charge >= 0.3 is 19.8 Å². The van der Waals surface area contributed by atoms with E-state index in [0.717, 1.165) is 38.5 Å². The monoisotopic (exact) mass is 1300 g/mol. The summed E-state index contributed by atoms with van der Waals surface area (Å²) in [5, 5.41) is 0. The molecule has 90 heavy (non-hydrogen) atoms. The molecular weight excluding hydrogens is 1130 g/mol. The number of carbonyl (C=O) groups is 2. The van der Waals surface area contributed by atoms with Crippen molar-refractivity contribution in [2.75, 3.05) is 47.5 Å². The van der Waals surface area contributed by atoms with Crippen molar-refractivity contribution in [2.24, 2.45) is 0 Å². The lowest BCUT2D eigenvalue weighted by Crippen LogP contribution is -2.37. The third-order valence-corrected chi connectivity index (χ3v) is 20.1. The summed E-state index contributed by atoms with van der Waals surface area (Å²) < 4.78 is 34.8. The number of nitrogens with zero attached hydrogens (tertiary/aromatic N) is 1. The van der Waals surface area contributed by atoms with Gasteiger partial charge in [-0.2, -0.15) is 0 Å². The Morgan fingerprint density at radius 1 is 0.300 bits per heavy atom. The molecular formula is C80H161NO8P+. The zero-order valence-corrected chi connectivity index (χ0v) is 62.6. The highest BCUT2D eigenvalue weighted by Gasteiger charge is 2.27. The molecule has 0 rings (SSSR count). The van der Waals surface area contributed by atoms with Gasteiger partial charge in [-0.05, 0) is 12.8 Å². The van der Waals surface area contributed by atoms with Crippen molar-refractivity contribution in [3.63, 3.8) is 0 Å². The summed E-state index contributed by atoms with van der Waals surface area (Å²) in [5.74, 6) is -0.765. The zero-order chi connectivity index (χ0) is 65.5. The normalized spacial score (nSPS) is 12.9. The first-order chi connectivity index (χ1) is 44.0. The highest BCUT2D eigenvalue weighted by Crippen LogP contribution is 2.43. The second-order valence-electron chi connectivity index (χ2n) is 29.5. The summed E-state index contributed by atoms with van der Waals surface area (Å²) in [6.45, 7) is 4.54. The molecule has 0 spiro atoms. The van der Waals surface area contributed by atoms with Gasteiger partial charge in [-0.25, -0.2) is 4.57 Å². The number of phosphoric acid groups is 1. The Hall–Kier alpha value is -0.990. The van der Waals surface area contributed by atoms with Crippen LogP contribution in [-0.2, 0) is 32.7 Å². The van der Waals surface area contributed by atoms with Crippen molar-refractivity contribution in [1.29, 1.82) is 0 Å². The molecule has 0 fully saturated rings. The lowest BCUT2D eigenvalue weighted by molar-refractivity contribution is -0.870. The topological polar surface area (TPSA) is 108 Å². The first-order valence-corrected chi connectivity index (χ1v) is 42.3. The number of hydrogen-bond donors (Lipinski definition) is 1. The van der Waals surface area contributed by atoms with E-state index in [2.05, 4.69) is 13.8 Å². The minimum atomic E-state index is -4.39. The van der Waals surface area contributed by atoms with E-state index in [1.54, 1.807) is 0 Å². The number of rotatable bonds is 78. The minimum absolute atomic E-state index is 0.0378. The van der Waals surface area contributed by atoms with Crippen LogP contribution in [0.1, 0.15) is 450 Å². The van der Waals surface area contributed by atoms with Gasteiger partial charge in [0.1, 0.15) is 19.8 Å². The standard InChI is InChI=1S/C80H160NO8P/c1-6-8-10-12-14-16-18-20-22-24-26-28-30-32-33-34-35-36-37-38-39-40-41-42-43-44-45-46-47-49-51-53-55-57-59-61-63-65-67-69-71-73-80(83)89-78(77-88-90(84,85)87-75-74-81(3,4)5)76-86-79(82)72-70-68-66-64-62-60-58-56-54-52-50-48-31-29-27-25-23-21-19-17-15-13-11-9-7-2/h78H,6-77H2,1-5H3/p+1. The Morgan fingerprint density at radius 2 is 0.500 bits per heavy atom. The number of carbonyl (C=O) groups excluding carboxylic acids is 2. The Kier molecular flexibility index (Phi) is 71.5. The molecule has 1 N–H and O–H groups in total. The zero-order valence-electron chi connectivity index (χ0n) is 61.7.